The Balaban J connectivity index is 2.03. The number of ether oxygens (including phenoxy) is 1. The molecule has 1 atom stereocenters. The quantitative estimate of drug-likeness (QED) is 0.915. The Bertz CT molecular complexity index is 618. The minimum absolute atomic E-state index is 0.0577. The average Bonchev–Trinajstić information content (AvgIpc) is 2.43. The van der Waals surface area contributed by atoms with Crippen molar-refractivity contribution in [3.63, 3.8) is 0 Å². The number of carbonyl (C=O) groups excluding carboxylic acids is 1. The van der Waals surface area contributed by atoms with E-state index >= 15 is 0 Å². The third-order valence-corrected chi connectivity index (χ3v) is 3.33. The Morgan fingerprint density at radius 1 is 1.20 bits per heavy atom. The fourth-order valence-corrected chi connectivity index (χ4v) is 1.97. The van der Waals surface area contributed by atoms with Gasteiger partial charge in [0.1, 0.15) is 0 Å². The summed E-state index contributed by atoms with van der Waals surface area (Å²) in [5.74, 6) is -0.782. The summed E-state index contributed by atoms with van der Waals surface area (Å²) in [6, 6.07) is 13.2. The molecule has 0 heterocycles. The van der Waals surface area contributed by atoms with E-state index in [2.05, 4.69) is 21.2 Å². The molecule has 1 amide bonds. The van der Waals surface area contributed by atoms with Crippen LogP contribution in [0.5, 0.6) is 5.75 Å². The Hall–Kier alpha value is -1.88. The van der Waals surface area contributed by atoms with Crippen LogP contribution in [0.4, 0.5) is 10.1 Å². The SMILES string of the molecule is CC(Oc1ccccc1F)C(=O)Nc1ccccc1Br. The topological polar surface area (TPSA) is 38.3 Å². The highest BCUT2D eigenvalue weighted by Crippen LogP contribution is 2.22. The van der Waals surface area contributed by atoms with Gasteiger partial charge in [-0.05, 0) is 47.1 Å². The molecule has 0 saturated heterocycles. The van der Waals surface area contributed by atoms with E-state index in [0.717, 1.165) is 4.47 Å². The maximum Gasteiger partial charge on any atom is 0.265 e. The van der Waals surface area contributed by atoms with Gasteiger partial charge in [-0.15, -0.1) is 0 Å². The third-order valence-electron chi connectivity index (χ3n) is 2.64. The maximum atomic E-state index is 13.4. The molecule has 0 radical (unpaired) electrons. The van der Waals surface area contributed by atoms with Gasteiger partial charge in [0, 0.05) is 4.47 Å². The van der Waals surface area contributed by atoms with E-state index in [1.54, 1.807) is 25.1 Å². The van der Waals surface area contributed by atoms with Crippen molar-refractivity contribution < 1.29 is 13.9 Å². The third kappa shape index (κ3) is 3.57. The summed E-state index contributed by atoms with van der Waals surface area (Å²) in [5, 5.41) is 2.72. The number of halogens is 2. The van der Waals surface area contributed by atoms with Crippen LogP contribution in [-0.4, -0.2) is 12.0 Å². The lowest BCUT2D eigenvalue weighted by Crippen LogP contribution is -2.30. The van der Waals surface area contributed by atoms with Crippen LogP contribution in [0.25, 0.3) is 0 Å². The van der Waals surface area contributed by atoms with Crippen molar-refractivity contribution >= 4 is 27.5 Å². The number of anilines is 1. The van der Waals surface area contributed by atoms with Gasteiger partial charge in [-0.1, -0.05) is 24.3 Å². The first-order chi connectivity index (χ1) is 9.58. The van der Waals surface area contributed by atoms with E-state index in [1.165, 1.54) is 12.1 Å². The van der Waals surface area contributed by atoms with Gasteiger partial charge in [-0.2, -0.15) is 0 Å². The Morgan fingerprint density at radius 2 is 1.85 bits per heavy atom. The van der Waals surface area contributed by atoms with Crippen molar-refractivity contribution in [1.29, 1.82) is 0 Å². The number of nitrogens with one attached hydrogen (secondary N) is 1. The number of benzene rings is 2. The number of hydrogen-bond donors (Lipinski definition) is 1. The van der Waals surface area contributed by atoms with Crippen LogP contribution in [0, 0.1) is 5.82 Å². The summed E-state index contributed by atoms with van der Waals surface area (Å²) in [4.78, 5) is 12.0. The summed E-state index contributed by atoms with van der Waals surface area (Å²) in [7, 11) is 0. The van der Waals surface area contributed by atoms with E-state index < -0.39 is 11.9 Å². The molecule has 2 aromatic carbocycles. The van der Waals surface area contributed by atoms with Crippen molar-refractivity contribution in [3.05, 3.63) is 58.8 Å². The van der Waals surface area contributed by atoms with Crippen molar-refractivity contribution in [2.45, 2.75) is 13.0 Å². The van der Waals surface area contributed by atoms with E-state index in [-0.39, 0.29) is 11.7 Å². The van der Waals surface area contributed by atoms with Crippen LogP contribution in [0.2, 0.25) is 0 Å². The molecule has 0 bridgehead atoms. The van der Waals surface area contributed by atoms with Crippen molar-refractivity contribution in [2.24, 2.45) is 0 Å². The number of amides is 1. The molecular weight excluding hydrogens is 325 g/mol. The summed E-state index contributed by atoms with van der Waals surface area (Å²) in [5.41, 5.74) is 0.640. The van der Waals surface area contributed by atoms with E-state index in [4.69, 9.17) is 4.74 Å². The minimum Gasteiger partial charge on any atom is -0.478 e. The van der Waals surface area contributed by atoms with Crippen molar-refractivity contribution in [3.8, 4) is 5.75 Å². The minimum atomic E-state index is -0.806. The van der Waals surface area contributed by atoms with Crippen LogP contribution in [0.15, 0.2) is 53.0 Å². The number of rotatable bonds is 4. The molecule has 104 valence electrons. The second kappa shape index (κ2) is 6.52. The fourth-order valence-electron chi connectivity index (χ4n) is 1.58. The van der Waals surface area contributed by atoms with Crippen LogP contribution in [-0.2, 0) is 4.79 Å². The zero-order chi connectivity index (χ0) is 14.5. The molecule has 2 aromatic rings. The Kier molecular flexibility index (Phi) is 4.74. The molecular formula is C15H13BrFNO2. The van der Waals surface area contributed by atoms with Crippen molar-refractivity contribution in [2.75, 3.05) is 5.32 Å². The predicted molar refractivity (Wildman–Crippen MR) is 79.3 cm³/mol. The van der Waals surface area contributed by atoms with Gasteiger partial charge in [0.05, 0.1) is 5.69 Å². The standard InChI is InChI=1S/C15H13BrFNO2/c1-10(20-14-9-5-3-7-12(14)17)15(19)18-13-8-4-2-6-11(13)16/h2-10H,1H3,(H,18,19). The number of hydrogen-bond acceptors (Lipinski definition) is 2. The van der Waals surface area contributed by atoms with E-state index in [0.29, 0.717) is 5.69 Å². The molecule has 0 aliphatic rings. The molecule has 20 heavy (non-hydrogen) atoms. The van der Waals surface area contributed by atoms with Gasteiger partial charge in [0.15, 0.2) is 17.7 Å². The van der Waals surface area contributed by atoms with E-state index in [1.807, 2.05) is 18.2 Å². The molecule has 2 rings (SSSR count). The molecule has 0 aromatic heterocycles. The second-order valence-corrected chi connectivity index (χ2v) is 5.01. The van der Waals surface area contributed by atoms with Gasteiger partial charge < -0.3 is 10.1 Å². The first kappa shape index (κ1) is 14.5. The lowest BCUT2D eigenvalue weighted by Gasteiger charge is -2.15. The van der Waals surface area contributed by atoms with Gasteiger partial charge in [0.25, 0.3) is 5.91 Å². The van der Waals surface area contributed by atoms with E-state index in [9.17, 15) is 9.18 Å². The Labute approximate surface area is 124 Å². The lowest BCUT2D eigenvalue weighted by atomic mass is 10.3. The van der Waals surface area contributed by atoms with Gasteiger partial charge in [0.2, 0.25) is 0 Å². The highest BCUT2D eigenvalue weighted by atomic mass is 79.9. The smallest absolute Gasteiger partial charge is 0.265 e. The Morgan fingerprint density at radius 3 is 2.55 bits per heavy atom. The monoisotopic (exact) mass is 337 g/mol. The molecule has 0 aliphatic heterocycles. The van der Waals surface area contributed by atoms with Gasteiger partial charge in [-0.25, -0.2) is 4.39 Å². The van der Waals surface area contributed by atoms with Gasteiger partial charge in [-0.3, -0.25) is 4.79 Å². The first-order valence-corrected chi connectivity index (χ1v) is 6.84. The summed E-state index contributed by atoms with van der Waals surface area (Å²) in [6.07, 6.45) is -0.806. The zero-order valence-corrected chi connectivity index (χ0v) is 12.4. The highest BCUT2D eigenvalue weighted by Gasteiger charge is 2.17. The molecule has 5 heteroatoms. The average molecular weight is 338 g/mol. The number of para-hydroxylation sites is 2. The zero-order valence-electron chi connectivity index (χ0n) is 10.8. The molecule has 0 spiro atoms. The molecule has 0 fully saturated rings. The molecule has 0 aliphatic carbocycles. The van der Waals surface area contributed by atoms with Crippen LogP contribution >= 0.6 is 15.9 Å². The summed E-state index contributed by atoms with van der Waals surface area (Å²) >= 11 is 3.34. The fraction of sp³-hybridized carbons (Fsp3) is 0.133. The largest absolute Gasteiger partial charge is 0.478 e. The molecule has 3 nitrogen and oxygen atoms in total. The molecule has 1 N–H and O–H groups in total. The molecule has 1 unspecified atom stereocenters. The molecule has 0 saturated carbocycles. The second-order valence-electron chi connectivity index (χ2n) is 4.16. The van der Waals surface area contributed by atoms with Crippen LogP contribution < -0.4 is 10.1 Å². The highest BCUT2D eigenvalue weighted by molar-refractivity contribution is 9.10. The van der Waals surface area contributed by atoms with Crippen LogP contribution in [0.3, 0.4) is 0 Å². The van der Waals surface area contributed by atoms with Gasteiger partial charge >= 0.3 is 0 Å². The van der Waals surface area contributed by atoms with Crippen LogP contribution in [0.1, 0.15) is 6.92 Å². The first-order valence-electron chi connectivity index (χ1n) is 6.04. The maximum absolute atomic E-state index is 13.4. The lowest BCUT2D eigenvalue weighted by molar-refractivity contribution is -0.122. The normalized spacial score (nSPS) is 11.8. The summed E-state index contributed by atoms with van der Waals surface area (Å²) < 4.78 is 19.5. The van der Waals surface area contributed by atoms with Crippen molar-refractivity contribution in [1.82, 2.24) is 0 Å². The summed E-state index contributed by atoms with van der Waals surface area (Å²) in [6.45, 7) is 1.57. The number of carbonyl (C=O) groups is 1. The predicted octanol–water partition coefficient (Wildman–Crippen LogP) is 3.99.